The molecule has 0 spiro atoms. The molecule has 0 atom stereocenters. The smallest absolute Gasteiger partial charge is 0.253 e. The van der Waals surface area contributed by atoms with Crippen LogP contribution in [0.15, 0.2) is 54.9 Å². The summed E-state index contributed by atoms with van der Waals surface area (Å²) in [6, 6.07) is 13.1. The maximum Gasteiger partial charge on any atom is 0.253 e. The first-order chi connectivity index (χ1) is 16.8. The van der Waals surface area contributed by atoms with Crippen molar-refractivity contribution >= 4 is 46.4 Å². The van der Waals surface area contributed by atoms with E-state index in [1.54, 1.807) is 24.4 Å². The summed E-state index contributed by atoms with van der Waals surface area (Å²) in [5, 5.41) is 8.55. The predicted molar refractivity (Wildman–Crippen MR) is 141 cm³/mol. The number of nitrogens with one attached hydrogen (secondary N) is 1. The van der Waals surface area contributed by atoms with Crippen LogP contribution in [0.5, 0.6) is 0 Å². The molecule has 0 unspecified atom stereocenters. The summed E-state index contributed by atoms with van der Waals surface area (Å²) in [4.78, 5) is 29.3. The average molecular weight is 514 g/mol. The van der Waals surface area contributed by atoms with Crippen LogP contribution < -0.4 is 10.2 Å². The number of rotatable bonds is 7. The van der Waals surface area contributed by atoms with Gasteiger partial charge in [-0.25, -0.2) is 0 Å². The summed E-state index contributed by atoms with van der Waals surface area (Å²) in [5.74, 6) is -0.0543. The second-order valence-corrected chi connectivity index (χ2v) is 9.80. The zero-order chi connectivity index (χ0) is 24.9. The summed E-state index contributed by atoms with van der Waals surface area (Å²) < 4.78 is 1.89. The standard InChI is InChI=1S/C26H29Cl2N5O2/c1-31(2)23-5-3-4-19(15-23)26(35)32-12-10-22(11-13-32)33-17-21(16-29-33)30-25(34)9-6-18-14-20(27)7-8-24(18)28/h3-5,7-8,14-17,22H,6,9-13H2,1-2H3,(H,30,34). The lowest BCUT2D eigenvalue weighted by molar-refractivity contribution is -0.116. The number of halogens is 2. The molecule has 2 aromatic carbocycles. The molecule has 1 fully saturated rings. The Bertz CT molecular complexity index is 1200. The van der Waals surface area contributed by atoms with Gasteiger partial charge in [0, 0.05) is 61.1 Å². The highest BCUT2D eigenvalue weighted by Crippen LogP contribution is 2.26. The number of piperidine rings is 1. The molecule has 2 heterocycles. The van der Waals surface area contributed by atoms with Gasteiger partial charge in [-0.2, -0.15) is 5.10 Å². The Morgan fingerprint density at radius 3 is 2.63 bits per heavy atom. The van der Waals surface area contributed by atoms with Crippen LogP contribution in [0.25, 0.3) is 0 Å². The molecule has 9 heteroatoms. The number of amides is 2. The zero-order valence-corrected chi connectivity index (χ0v) is 21.4. The van der Waals surface area contributed by atoms with E-state index in [1.807, 2.05) is 59.0 Å². The van der Waals surface area contributed by atoms with E-state index < -0.39 is 0 Å². The lowest BCUT2D eigenvalue weighted by Gasteiger charge is -2.32. The SMILES string of the molecule is CN(C)c1cccc(C(=O)N2CCC(n3cc(NC(=O)CCc4cc(Cl)ccc4Cl)cn3)CC2)c1. The molecule has 0 bridgehead atoms. The van der Waals surface area contributed by atoms with Gasteiger partial charge in [0.1, 0.15) is 0 Å². The summed E-state index contributed by atoms with van der Waals surface area (Å²) in [6.45, 7) is 1.33. The third-order valence-corrected chi connectivity index (χ3v) is 6.85. The molecule has 1 aliphatic rings. The minimum Gasteiger partial charge on any atom is -0.378 e. The Morgan fingerprint density at radius 1 is 1.11 bits per heavy atom. The van der Waals surface area contributed by atoms with Gasteiger partial charge in [-0.05, 0) is 61.2 Å². The third-order valence-electron chi connectivity index (χ3n) is 6.25. The van der Waals surface area contributed by atoms with Crippen LogP contribution in [0, 0.1) is 0 Å². The van der Waals surface area contributed by atoms with Crippen molar-refractivity contribution in [2.75, 3.05) is 37.4 Å². The number of benzene rings is 2. The fraction of sp³-hybridized carbons (Fsp3) is 0.346. The van der Waals surface area contributed by atoms with Gasteiger partial charge in [-0.3, -0.25) is 14.3 Å². The molecule has 0 saturated carbocycles. The van der Waals surface area contributed by atoms with Crippen molar-refractivity contribution in [1.82, 2.24) is 14.7 Å². The monoisotopic (exact) mass is 513 g/mol. The molecule has 7 nitrogen and oxygen atoms in total. The van der Waals surface area contributed by atoms with Crippen LogP contribution >= 0.6 is 23.2 Å². The van der Waals surface area contributed by atoms with Gasteiger partial charge in [0.2, 0.25) is 5.91 Å². The average Bonchev–Trinajstić information content (AvgIpc) is 3.32. The van der Waals surface area contributed by atoms with Crippen molar-refractivity contribution in [2.24, 2.45) is 0 Å². The lowest BCUT2D eigenvalue weighted by atomic mass is 10.0. The molecule has 1 N–H and O–H groups in total. The Kier molecular flexibility index (Phi) is 7.98. The Hall–Kier alpha value is -3.03. The van der Waals surface area contributed by atoms with Crippen LogP contribution in [0.2, 0.25) is 10.0 Å². The Morgan fingerprint density at radius 2 is 1.89 bits per heavy atom. The summed E-state index contributed by atoms with van der Waals surface area (Å²) >= 11 is 12.2. The number of hydrogen-bond donors (Lipinski definition) is 1. The first kappa shape index (κ1) is 25.1. The van der Waals surface area contributed by atoms with Crippen molar-refractivity contribution in [1.29, 1.82) is 0 Å². The van der Waals surface area contributed by atoms with Gasteiger partial charge in [0.15, 0.2) is 0 Å². The number of anilines is 2. The van der Waals surface area contributed by atoms with Crippen molar-refractivity contribution in [2.45, 2.75) is 31.7 Å². The van der Waals surface area contributed by atoms with E-state index in [4.69, 9.17) is 23.2 Å². The number of hydrogen-bond acceptors (Lipinski definition) is 4. The maximum atomic E-state index is 13.0. The first-order valence-corrected chi connectivity index (χ1v) is 12.4. The van der Waals surface area contributed by atoms with E-state index in [-0.39, 0.29) is 17.9 Å². The zero-order valence-electron chi connectivity index (χ0n) is 19.9. The third kappa shape index (κ3) is 6.35. The summed E-state index contributed by atoms with van der Waals surface area (Å²) in [7, 11) is 3.93. The number of nitrogens with zero attached hydrogens (tertiary/aromatic N) is 4. The topological polar surface area (TPSA) is 70.5 Å². The second-order valence-electron chi connectivity index (χ2n) is 8.96. The summed E-state index contributed by atoms with van der Waals surface area (Å²) in [5.41, 5.74) is 3.22. The van der Waals surface area contributed by atoms with E-state index in [0.717, 1.165) is 24.1 Å². The molecular weight excluding hydrogens is 485 g/mol. The van der Waals surface area contributed by atoms with E-state index >= 15 is 0 Å². The number of carbonyl (C=O) groups is 2. The molecule has 4 rings (SSSR count). The van der Waals surface area contributed by atoms with Gasteiger partial charge in [-0.15, -0.1) is 0 Å². The van der Waals surface area contributed by atoms with Crippen LogP contribution in [-0.4, -0.2) is 53.7 Å². The van der Waals surface area contributed by atoms with Gasteiger partial charge >= 0.3 is 0 Å². The van der Waals surface area contributed by atoms with E-state index in [9.17, 15) is 9.59 Å². The number of aryl methyl sites for hydroxylation is 1. The maximum absolute atomic E-state index is 13.0. The van der Waals surface area contributed by atoms with Crippen LogP contribution in [-0.2, 0) is 11.2 Å². The minimum atomic E-state index is -0.110. The molecule has 0 radical (unpaired) electrons. The molecule has 0 aliphatic carbocycles. The van der Waals surface area contributed by atoms with E-state index in [1.165, 1.54) is 0 Å². The van der Waals surface area contributed by atoms with Crippen LogP contribution in [0.3, 0.4) is 0 Å². The van der Waals surface area contributed by atoms with Crippen molar-refractivity contribution in [3.8, 4) is 0 Å². The number of likely N-dealkylation sites (tertiary alicyclic amines) is 1. The van der Waals surface area contributed by atoms with E-state index in [2.05, 4.69) is 10.4 Å². The Balaban J connectivity index is 1.28. The molecule has 184 valence electrons. The van der Waals surface area contributed by atoms with Gasteiger partial charge in [0.05, 0.1) is 17.9 Å². The van der Waals surface area contributed by atoms with Crippen molar-refractivity contribution in [3.63, 3.8) is 0 Å². The predicted octanol–water partition coefficient (Wildman–Crippen LogP) is 5.30. The van der Waals surface area contributed by atoms with Crippen molar-refractivity contribution in [3.05, 3.63) is 76.0 Å². The van der Waals surface area contributed by atoms with Gasteiger partial charge in [-0.1, -0.05) is 29.3 Å². The molecule has 1 saturated heterocycles. The highest BCUT2D eigenvalue weighted by molar-refractivity contribution is 6.33. The first-order valence-electron chi connectivity index (χ1n) is 11.6. The molecule has 1 aliphatic heterocycles. The highest BCUT2D eigenvalue weighted by atomic mass is 35.5. The largest absolute Gasteiger partial charge is 0.378 e. The van der Waals surface area contributed by atoms with Crippen molar-refractivity contribution < 1.29 is 9.59 Å². The fourth-order valence-electron chi connectivity index (χ4n) is 4.24. The Labute approximate surface area is 215 Å². The van der Waals surface area contributed by atoms with Gasteiger partial charge in [0.25, 0.3) is 5.91 Å². The highest BCUT2D eigenvalue weighted by Gasteiger charge is 2.25. The number of carbonyl (C=O) groups excluding carboxylic acids is 2. The molecule has 35 heavy (non-hydrogen) atoms. The quantitative estimate of drug-likeness (QED) is 0.464. The summed E-state index contributed by atoms with van der Waals surface area (Å²) in [6.07, 6.45) is 5.93. The van der Waals surface area contributed by atoms with Crippen LogP contribution in [0.4, 0.5) is 11.4 Å². The molecule has 3 aromatic rings. The lowest BCUT2D eigenvalue weighted by Crippen LogP contribution is -2.39. The van der Waals surface area contributed by atoms with Crippen LogP contribution in [0.1, 0.15) is 41.2 Å². The minimum absolute atomic E-state index is 0.0559. The number of aromatic nitrogens is 2. The van der Waals surface area contributed by atoms with E-state index in [0.29, 0.717) is 47.2 Å². The van der Waals surface area contributed by atoms with Gasteiger partial charge < -0.3 is 15.1 Å². The molecule has 2 amide bonds. The molecular formula is C26H29Cl2N5O2. The second kappa shape index (κ2) is 11.1. The normalized spacial score (nSPS) is 14.1. The molecule has 1 aromatic heterocycles. The fourth-order valence-corrected chi connectivity index (χ4v) is 4.65.